The predicted octanol–water partition coefficient (Wildman–Crippen LogP) is 2.76. The number of benzene rings is 1. The minimum Gasteiger partial charge on any atom is -0.351 e. The molecule has 1 fully saturated rings. The summed E-state index contributed by atoms with van der Waals surface area (Å²) < 4.78 is 29.0. The first-order valence-electron chi connectivity index (χ1n) is 9.85. The highest BCUT2D eigenvalue weighted by Gasteiger charge is 2.25. The van der Waals surface area contributed by atoms with Crippen LogP contribution >= 0.6 is 0 Å². The van der Waals surface area contributed by atoms with Crippen LogP contribution in [0.2, 0.25) is 0 Å². The Balaban J connectivity index is 1.51. The van der Waals surface area contributed by atoms with Crippen LogP contribution in [-0.4, -0.2) is 36.3 Å². The van der Waals surface area contributed by atoms with Crippen LogP contribution in [0.5, 0.6) is 0 Å². The Morgan fingerprint density at radius 1 is 1.04 bits per heavy atom. The Hall–Kier alpha value is -2.12. The van der Waals surface area contributed by atoms with Crippen LogP contribution in [0, 0.1) is 6.92 Å². The van der Waals surface area contributed by atoms with Gasteiger partial charge in [0.25, 0.3) is 0 Å². The topological polar surface area (TPSA) is 71.4 Å². The van der Waals surface area contributed by atoms with Crippen molar-refractivity contribution in [3.05, 3.63) is 53.3 Å². The molecule has 1 aliphatic heterocycles. The molecule has 1 aliphatic rings. The smallest absolute Gasteiger partial charge is 0.243 e. The number of nitrogens with one attached hydrogen (secondary N) is 1. The number of amides is 1. The molecule has 0 saturated carbocycles. The van der Waals surface area contributed by atoms with E-state index in [1.54, 1.807) is 16.4 Å². The first-order valence-corrected chi connectivity index (χ1v) is 11.3. The van der Waals surface area contributed by atoms with Crippen LogP contribution in [0.1, 0.15) is 42.6 Å². The lowest BCUT2D eigenvalue weighted by Gasteiger charge is -2.25. The van der Waals surface area contributed by atoms with Gasteiger partial charge in [0, 0.05) is 37.9 Å². The fourth-order valence-corrected chi connectivity index (χ4v) is 4.98. The number of nitrogens with zero attached hydrogens (tertiary/aromatic N) is 2. The standard InChI is InChI=1S/C21H29N3O3S/c1-17-6-10-19(23(17)2)16-22-21(25)13-9-18-7-11-20(12-8-18)28(26,27)24-14-4-3-5-15-24/h6-8,10-12H,3-5,9,13-16H2,1-2H3,(H,22,25). The van der Waals surface area contributed by atoms with E-state index in [1.165, 1.54) is 0 Å². The number of carbonyl (C=O) groups excluding carboxylic acids is 1. The molecule has 1 amide bonds. The summed E-state index contributed by atoms with van der Waals surface area (Å²) in [6.07, 6.45) is 3.91. The van der Waals surface area contributed by atoms with Crippen molar-refractivity contribution in [2.24, 2.45) is 7.05 Å². The molecule has 1 aromatic carbocycles. The van der Waals surface area contributed by atoms with Gasteiger partial charge in [-0.05, 0) is 56.0 Å². The molecule has 6 nitrogen and oxygen atoms in total. The van der Waals surface area contributed by atoms with E-state index in [-0.39, 0.29) is 5.91 Å². The highest BCUT2D eigenvalue weighted by Crippen LogP contribution is 2.21. The van der Waals surface area contributed by atoms with Gasteiger partial charge in [0.2, 0.25) is 15.9 Å². The number of hydrogen-bond donors (Lipinski definition) is 1. The third kappa shape index (κ3) is 4.83. The number of hydrogen-bond acceptors (Lipinski definition) is 3. The molecule has 0 bridgehead atoms. The Labute approximate surface area is 167 Å². The van der Waals surface area contributed by atoms with E-state index < -0.39 is 10.0 Å². The summed E-state index contributed by atoms with van der Waals surface area (Å²) in [6.45, 7) is 3.74. The SMILES string of the molecule is Cc1ccc(CNC(=O)CCc2ccc(S(=O)(=O)N3CCCCC3)cc2)n1C. The van der Waals surface area contributed by atoms with E-state index in [2.05, 4.69) is 9.88 Å². The number of piperidine rings is 1. The molecule has 1 aromatic heterocycles. The minimum atomic E-state index is -3.40. The summed E-state index contributed by atoms with van der Waals surface area (Å²) in [5, 5.41) is 2.94. The Bertz CT molecular complexity index is 911. The molecule has 0 atom stereocenters. The van der Waals surface area contributed by atoms with Crippen LogP contribution in [0.3, 0.4) is 0 Å². The van der Waals surface area contributed by atoms with E-state index in [1.807, 2.05) is 38.2 Å². The van der Waals surface area contributed by atoms with E-state index in [0.717, 1.165) is 36.2 Å². The Morgan fingerprint density at radius 2 is 1.71 bits per heavy atom. The second-order valence-electron chi connectivity index (χ2n) is 7.41. The third-order valence-corrected chi connectivity index (χ3v) is 7.37. The van der Waals surface area contributed by atoms with Crippen molar-refractivity contribution in [2.75, 3.05) is 13.1 Å². The van der Waals surface area contributed by atoms with Crippen LogP contribution in [0.15, 0.2) is 41.3 Å². The van der Waals surface area contributed by atoms with Crippen LogP contribution < -0.4 is 5.32 Å². The van der Waals surface area contributed by atoms with Gasteiger partial charge in [0.05, 0.1) is 11.4 Å². The summed E-state index contributed by atoms with van der Waals surface area (Å²) in [5.41, 5.74) is 3.18. The molecule has 1 N–H and O–H groups in total. The highest BCUT2D eigenvalue weighted by molar-refractivity contribution is 7.89. The quantitative estimate of drug-likeness (QED) is 0.773. The van der Waals surface area contributed by atoms with Crippen LogP contribution in [-0.2, 0) is 34.8 Å². The maximum Gasteiger partial charge on any atom is 0.243 e. The third-order valence-electron chi connectivity index (χ3n) is 5.46. The van der Waals surface area contributed by atoms with E-state index >= 15 is 0 Å². The normalized spacial score (nSPS) is 15.5. The van der Waals surface area contributed by atoms with Crippen molar-refractivity contribution in [3.63, 3.8) is 0 Å². The average Bonchev–Trinajstić information content (AvgIpc) is 3.03. The van der Waals surface area contributed by atoms with Crippen molar-refractivity contribution in [3.8, 4) is 0 Å². The van der Waals surface area contributed by atoms with Gasteiger partial charge in [-0.2, -0.15) is 4.31 Å². The van der Waals surface area contributed by atoms with Gasteiger partial charge in [-0.3, -0.25) is 4.79 Å². The summed E-state index contributed by atoms with van der Waals surface area (Å²) in [4.78, 5) is 12.5. The zero-order valence-corrected chi connectivity index (χ0v) is 17.5. The Morgan fingerprint density at radius 3 is 2.32 bits per heavy atom. The largest absolute Gasteiger partial charge is 0.351 e. The number of aryl methyl sites for hydroxylation is 2. The number of aromatic nitrogens is 1. The molecule has 7 heteroatoms. The number of carbonyl (C=O) groups is 1. The lowest BCUT2D eigenvalue weighted by Crippen LogP contribution is -2.35. The van der Waals surface area contributed by atoms with Crippen LogP contribution in [0.25, 0.3) is 0 Å². The van der Waals surface area contributed by atoms with Crippen molar-refractivity contribution in [1.29, 1.82) is 0 Å². The van der Waals surface area contributed by atoms with Crippen molar-refractivity contribution in [2.45, 2.75) is 50.5 Å². The zero-order valence-electron chi connectivity index (χ0n) is 16.6. The second-order valence-corrected chi connectivity index (χ2v) is 9.35. The molecule has 0 spiro atoms. The van der Waals surface area contributed by atoms with E-state index in [0.29, 0.717) is 37.4 Å². The minimum absolute atomic E-state index is 0.0103. The molecule has 3 rings (SSSR count). The van der Waals surface area contributed by atoms with Gasteiger partial charge in [-0.25, -0.2) is 8.42 Å². The molecule has 28 heavy (non-hydrogen) atoms. The van der Waals surface area contributed by atoms with Crippen molar-refractivity contribution in [1.82, 2.24) is 14.2 Å². The summed E-state index contributed by atoms with van der Waals surface area (Å²) in [5.74, 6) is -0.0103. The first-order chi connectivity index (χ1) is 13.4. The molecule has 152 valence electrons. The monoisotopic (exact) mass is 403 g/mol. The molecule has 1 saturated heterocycles. The molecular weight excluding hydrogens is 374 g/mol. The zero-order chi connectivity index (χ0) is 20.1. The van der Waals surface area contributed by atoms with Gasteiger partial charge in [-0.15, -0.1) is 0 Å². The average molecular weight is 404 g/mol. The Kier molecular flexibility index (Phi) is 6.57. The fraction of sp³-hybridized carbons (Fsp3) is 0.476. The fourth-order valence-electron chi connectivity index (χ4n) is 3.46. The van der Waals surface area contributed by atoms with Gasteiger partial charge in [-0.1, -0.05) is 18.6 Å². The summed E-state index contributed by atoms with van der Waals surface area (Å²) in [6, 6.07) is 11.0. The maximum atomic E-state index is 12.7. The lowest BCUT2D eigenvalue weighted by atomic mass is 10.1. The van der Waals surface area contributed by atoms with Gasteiger partial charge in [0.15, 0.2) is 0 Å². The highest BCUT2D eigenvalue weighted by atomic mass is 32.2. The van der Waals surface area contributed by atoms with E-state index in [9.17, 15) is 13.2 Å². The van der Waals surface area contributed by atoms with E-state index in [4.69, 9.17) is 0 Å². The van der Waals surface area contributed by atoms with Gasteiger partial charge < -0.3 is 9.88 Å². The summed E-state index contributed by atoms with van der Waals surface area (Å²) >= 11 is 0. The predicted molar refractivity (Wildman–Crippen MR) is 109 cm³/mol. The van der Waals surface area contributed by atoms with Crippen LogP contribution in [0.4, 0.5) is 0 Å². The van der Waals surface area contributed by atoms with Crippen molar-refractivity contribution >= 4 is 15.9 Å². The molecule has 0 aliphatic carbocycles. The number of rotatable bonds is 7. The summed E-state index contributed by atoms with van der Waals surface area (Å²) in [7, 11) is -1.42. The van der Waals surface area contributed by atoms with Gasteiger partial charge in [0.1, 0.15) is 0 Å². The molecule has 2 aromatic rings. The molecule has 2 heterocycles. The van der Waals surface area contributed by atoms with Crippen molar-refractivity contribution < 1.29 is 13.2 Å². The maximum absolute atomic E-state index is 12.7. The molecular formula is C21H29N3O3S. The molecule has 0 unspecified atom stereocenters. The second kappa shape index (κ2) is 8.92. The van der Waals surface area contributed by atoms with Gasteiger partial charge >= 0.3 is 0 Å². The first kappa shape index (κ1) is 20.6. The molecule has 0 radical (unpaired) electrons. The lowest BCUT2D eigenvalue weighted by molar-refractivity contribution is -0.121. The number of sulfonamides is 1.